The Morgan fingerprint density at radius 2 is 1.86 bits per heavy atom. The van der Waals surface area contributed by atoms with Crippen molar-refractivity contribution in [3.8, 4) is 0 Å². The molecule has 1 aromatic carbocycles. The van der Waals surface area contributed by atoms with E-state index in [0.717, 1.165) is 12.0 Å². The Labute approximate surface area is 129 Å². The third-order valence-electron chi connectivity index (χ3n) is 3.06. The first kappa shape index (κ1) is 17.7. The third kappa shape index (κ3) is 6.88. The summed E-state index contributed by atoms with van der Waals surface area (Å²) in [6, 6.07) is 8.34. The maximum atomic E-state index is 12.0. The van der Waals surface area contributed by atoms with Crippen LogP contribution in [0.4, 0.5) is 0 Å². The highest BCUT2D eigenvalue weighted by atomic mass is 16.4. The SMILES string of the molecule is CCCNC(=O)[C@H](CCC(=O)O)NC(=O)Cc1ccccc1. The summed E-state index contributed by atoms with van der Waals surface area (Å²) in [6.07, 6.45) is 0.835. The molecule has 6 nitrogen and oxygen atoms in total. The van der Waals surface area contributed by atoms with Crippen molar-refractivity contribution in [2.75, 3.05) is 6.54 Å². The van der Waals surface area contributed by atoms with Gasteiger partial charge in [0.05, 0.1) is 6.42 Å². The molecule has 0 aliphatic carbocycles. The zero-order valence-corrected chi connectivity index (χ0v) is 12.7. The summed E-state index contributed by atoms with van der Waals surface area (Å²) >= 11 is 0. The molecule has 22 heavy (non-hydrogen) atoms. The number of hydrogen-bond acceptors (Lipinski definition) is 3. The van der Waals surface area contributed by atoms with Gasteiger partial charge >= 0.3 is 5.97 Å². The summed E-state index contributed by atoms with van der Waals surface area (Å²) < 4.78 is 0. The minimum atomic E-state index is -0.995. The van der Waals surface area contributed by atoms with E-state index in [9.17, 15) is 14.4 Å². The van der Waals surface area contributed by atoms with Gasteiger partial charge in [0, 0.05) is 13.0 Å². The lowest BCUT2D eigenvalue weighted by Gasteiger charge is -2.17. The van der Waals surface area contributed by atoms with E-state index in [1.165, 1.54) is 0 Å². The van der Waals surface area contributed by atoms with E-state index in [1.807, 2.05) is 37.3 Å². The first-order valence-electron chi connectivity index (χ1n) is 7.35. The van der Waals surface area contributed by atoms with E-state index in [0.29, 0.717) is 6.54 Å². The van der Waals surface area contributed by atoms with Gasteiger partial charge in [0.25, 0.3) is 0 Å². The third-order valence-corrected chi connectivity index (χ3v) is 3.06. The molecule has 1 rings (SSSR count). The Balaban J connectivity index is 2.59. The Hall–Kier alpha value is -2.37. The average Bonchev–Trinajstić information content (AvgIpc) is 2.49. The molecule has 1 aromatic rings. The van der Waals surface area contributed by atoms with Crippen LogP contribution in [0.1, 0.15) is 31.7 Å². The molecule has 0 aliphatic rings. The van der Waals surface area contributed by atoms with Crippen molar-refractivity contribution in [1.29, 1.82) is 0 Å². The minimum absolute atomic E-state index is 0.0748. The van der Waals surface area contributed by atoms with Crippen molar-refractivity contribution in [1.82, 2.24) is 10.6 Å². The predicted octanol–water partition coefficient (Wildman–Crippen LogP) is 1.10. The van der Waals surface area contributed by atoms with Crippen LogP contribution in [0.3, 0.4) is 0 Å². The van der Waals surface area contributed by atoms with Crippen molar-refractivity contribution in [2.24, 2.45) is 0 Å². The molecule has 0 bridgehead atoms. The largest absolute Gasteiger partial charge is 0.481 e. The summed E-state index contributed by atoms with van der Waals surface area (Å²) in [4.78, 5) is 34.7. The van der Waals surface area contributed by atoms with Crippen LogP contribution < -0.4 is 10.6 Å². The number of carbonyl (C=O) groups is 3. The Morgan fingerprint density at radius 1 is 1.18 bits per heavy atom. The number of hydrogen-bond donors (Lipinski definition) is 3. The van der Waals surface area contributed by atoms with Gasteiger partial charge in [0.15, 0.2) is 0 Å². The number of rotatable bonds is 9. The van der Waals surface area contributed by atoms with Gasteiger partial charge < -0.3 is 15.7 Å². The zero-order valence-electron chi connectivity index (χ0n) is 12.7. The molecule has 0 saturated heterocycles. The lowest BCUT2D eigenvalue weighted by Crippen LogP contribution is -2.47. The molecule has 0 radical (unpaired) electrons. The van der Waals surface area contributed by atoms with Gasteiger partial charge in [-0.05, 0) is 18.4 Å². The highest BCUT2D eigenvalue weighted by molar-refractivity contribution is 5.88. The van der Waals surface area contributed by atoms with E-state index in [1.54, 1.807) is 0 Å². The molecule has 0 aromatic heterocycles. The van der Waals surface area contributed by atoms with Gasteiger partial charge in [-0.2, -0.15) is 0 Å². The second-order valence-electron chi connectivity index (χ2n) is 5.01. The summed E-state index contributed by atoms with van der Waals surface area (Å²) in [5.41, 5.74) is 0.839. The van der Waals surface area contributed by atoms with E-state index >= 15 is 0 Å². The molecular formula is C16H22N2O4. The fourth-order valence-corrected chi connectivity index (χ4v) is 1.93. The molecule has 3 N–H and O–H groups in total. The summed E-state index contributed by atoms with van der Waals surface area (Å²) in [7, 11) is 0. The molecule has 2 amide bonds. The van der Waals surface area contributed by atoms with Gasteiger partial charge in [-0.1, -0.05) is 37.3 Å². The average molecular weight is 306 g/mol. The number of benzene rings is 1. The normalized spacial score (nSPS) is 11.5. The van der Waals surface area contributed by atoms with E-state index in [4.69, 9.17) is 5.11 Å². The number of amides is 2. The molecule has 1 atom stereocenters. The lowest BCUT2D eigenvalue weighted by atomic mass is 10.1. The second-order valence-corrected chi connectivity index (χ2v) is 5.01. The van der Waals surface area contributed by atoms with Gasteiger partial charge in [-0.25, -0.2) is 0 Å². The molecule has 0 aliphatic heterocycles. The Kier molecular flexibility index (Phi) is 7.67. The molecule has 0 unspecified atom stereocenters. The monoisotopic (exact) mass is 306 g/mol. The van der Waals surface area contributed by atoms with Crippen molar-refractivity contribution in [2.45, 2.75) is 38.6 Å². The Morgan fingerprint density at radius 3 is 2.45 bits per heavy atom. The number of carboxylic acids is 1. The van der Waals surface area contributed by atoms with Crippen LogP contribution in [0.2, 0.25) is 0 Å². The highest BCUT2D eigenvalue weighted by Gasteiger charge is 2.21. The van der Waals surface area contributed by atoms with Gasteiger partial charge in [-0.15, -0.1) is 0 Å². The van der Waals surface area contributed by atoms with Crippen molar-refractivity contribution in [3.05, 3.63) is 35.9 Å². The molecule has 0 spiro atoms. The van der Waals surface area contributed by atoms with E-state index in [-0.39, 0.29) is 31.1 Å². The summed E-state index contributed by atoms with van der Waals surface area (Å²) in [5, 5.41) is 14.0. The quantitative estimate of drug-likeness (QED) is 0.637. The number of nitrogens with one attached hydrogen (secondary N) is 2. The summed E-state index contributed by atoms with van der Waals surface area (Å²) in [6.45, 7) is 2.41. The number of aliphatic carboxylic acids is 1. The fourth-order valence-electron chi connectivity index (χ4n) is 1.93. The predicted molar refractivity (Wildman–Crippen MR) is 82.2 cm³/mol. The molecule has 0 heterocycles. The van der Waals surface area contributed by atoms with Crippen molar-refractivity contribution in [3.63, 3.8) is 0 Å². The van der Waals surface area contributed by atoms with Crippen molar-refractivity contribution >= 4 is 17.8 Å². The lowest BCUT2D eigenvalue weighted by molar-refractivity contribution is -0.138. The van der Waals surface area contributed by atoms with E-state index in [2.05, 4.69) is 10.6 Å². The smallest absolute Gasteiger partial charge is 0.303 e. The minimum Gasteiger partial charge on any atom is -0.481 e. The maximum absolute atomic E-state index is 12.0. The van der Waals surface area contributed by atoms with Crippen LogP contribution in [0.5, 0.6) is 0 Å². The van der Waals surface area contributed by atoms with Crippen LogP contribution in [-0.4, -0.2) is 35.5 Å². The molecule has 0 saturated carbocycles. The Bertz CT molecular complexity index is 502. The van der Waals surface area contributed by atoms with Crippen LogP contribution in [0.15, 0.2) is 30.3 Å². The van der Waals surface area contributed by atoms with Crippen molar-refractivity contribution < 1.29 is 19.5 Å². The van der Waals surface area contributed by atoms with Gasteiger partial charge in [0.1, 0.15) is 6.04 Å². The number of carbonyl (C=O) groups excluding carboxylic acids is 2. The first-order chi connectivity index (χ1) is 10.5. The fraction of sp³-hybridized carbons (Fsp3) is 0.438. The number of carboxylic acid groups (broad SMARTS) is 1. The van der Waals surface area contributed by atoms with Crippen LogP contribution in [0.25, 0.3) is 0 Å². The highest BCUT2D eigenvalue weighted by Crippen LogP contribution is 2.02. The van der Waals surface area contributed by atoms with Crippen LogP contribution >= 0.6 is 0 Å². The zero-order chi connectivity index (χ0) is 16.4. The summed E-state index contributed by atoms with van der Waals surface area (Å²) in [5.74, 6) is -1.64. The molecule has 120 valence electrons. The van der Waals surface area contributed by atoms with Gasteiger partial charge in [-0.3, -0.25) is 14.4 Å². The van der Waals surface area contributed by atoms with Crippen LogP contribution in [-0.2, 0) is 20.8 Å². The maximum Gasteiger partial charge on any atom is 0.303 e. The first-order valence-corrected chi connectivity index (χ1v) is 7.35. The molecular weight excluding hydrogens is 284 g/mol. The standard InChI is InChI=1S/C16H22N2O4/c1-2-10-17-16(22)13(8-9-15(20)21)18-14(19)11-12-6-4-3-5-7-12/h3-7,13H,2,8-11H2,1H3,(H,17,22)(H,18,19)(H,20,21)/t13-/m0/s1. The molecule has 0 fully saturated rings. The van der Waals surface area contributed by atoms with Crippen LogP contribution in [0, 0.1) is 0 Å². The molecule has 6 heteroatoms. The topological polar surface area (TPSA) is 95.5 Å². The second kappa shape index (κ2) is 9.55. The van der Waals surface area contributed by atoms with Gasteiger partial charge in [0.2, 0.25) is 11.8 Å². The van der Waals surface area contributed by atoms with E-state index < -0.39 is 12.0 Å².